The molecule has 1 heterocycles. The lowest BCUT2D eigenvalue weighted by atomic mass is 10.1. The van der Waals surface area contributed by atoms with Gasteiger partial charge in [-0.15, -0.1) is 0 Å². The van der Waals surface area contributed by atoms with Gasteiger partial charge in [0, 0.05) is 10.6 Å². The fourth-order valence-electron chi connectivity index (χ4n) is 1.20. The van der Waals surface area contributed by atoms with Crippen molar-refractivity contribution in [3.63, 3.8) is 0 Å². The second kappa shape index (κ2) is 3.71. The summed E-state index contributed by atoms with van der Waals surface area (Å²) in [6.45, 7) is -2.30. The number of ether oxygens (including phenoxy) is 2. The van der Waals surface area contributed by atoms with Crippen molar-refractivity contribution >= 4 is 11.6 Å². The number of hydrogen-bond acceptors (Lipinski definition) is 2. The number of rotatable bonds is 3. The molecular weight excluding hydrogens is 214 g/mol. The third kappa shape index (κ3) is 2.13. The first-order chi connectivity index (χ1) is 6.66. The van der Waals surface area contributed by atoms with Gasteiger partial charge < -0.3 is 9.47 Å². The summed E-state index contributed by atoms with van der Waals surface area (Å²) in [6, 6.07) is 4.51. The van der Waals surface area contributed by atoms with Gasteiger partial charge in [0.15, 0.2) is 0 Å². The summed E-state index contributed by atoms with van der Waals surface area (Å²) in [5.74, 6) is 0.131. The summed E-state index contributed by atoms with van der Waals surface area (Å²) in [6.07, 6.45) is -0.151. The van der Waals surface area contributed by atoms with E-state index >= 15 is 0 Å². The quantitative estimate of drug-likeness (QED) is 0.731. The minimum atomic E-state index is -2.83. The van der Waals surface area contributed by atoms with Crippen molar-refractivity contribution in [2.75, 3.05) is 6.61 Å². The minimum Gasteiger partial charge on any atom is -0.434 e. The predicted octanol–water partition coefficient (Wildman–Crippen LogP) is 3.01. The fraction of sp³-hybridized carbons (Fsp3) is 0.333. The maximum absolute atomic E-state index is 12.0. The van der Waals surface area contributed by atoms with E-state index in [1.54, 1.807) is 6.07 Å². The standard InChI is InChI=1S/C9H7ClF2O2/c10-5-1-2-7(14-9(11)12)6(3-5)8-4-13-8/h1-3,8-9H,4H2. The summed E-state index contributed by atoms with van der Waals surface area (Å²) in [5.41, 5.74) is 0.581. The van der Waals surface area contributed by atoms with E-state index in [1.807, 2.05) is 0 Å². The zero-order valence-corrected chi connectivity index (χ0v) is 7.80. The molecule has 1 atom stereocenters. The Bertz CT molecular complexity index is 340. The Morgan fingerprint density at radius 1 is 1.50 bits per heavy atom. The highest BCUT2D eigenvalue weighted by molar-refractivity contribution is 6.30. The van der Waals surface area contributed by atoms with Crippen molar-refractivity contribution in [3.05, 3.63) is 28.8 Å². The zero-order chi connectivity index (χ0) is 10.1. The lowest BCUT2D eigenvalue weighted by Gasteiger charge is -2.08. The van der Waals surface area contributed by atoms with E-state index in [2.05, 4.69) is 4.74 Å². The molecule has 2 nitrogen and oxygen atoms in total. The van der Waals surface area contributed by atoms with Gasteiger partial charge in [0.2, 0.25) is 0 Å². The van der Waals surface area contributed by atoms with Gasteiger partial charge in [0.25, 0.3) is 0 Å². The molecule has 0 saturated carbocycles. The first-order valence-electron chi connectivity index (χ1n) is 4.02. The van der Waals surface area contributed by atoms with Gasteiger partial charge in [-0.1, -0.05) is 11.6 Å². The van der Waals surface area contributed by atoms with E-state index in [0.29, 0.717) is 17.2 Å². The predicted molar refractivity (Wildman–Crippen MR) is 46.8 cm³/mol. The number of benzene rings is 1. The Hall–Kier alpha value is -0.870. The van der Waals surface area contributed by atoms with Crippen LogP contribution in [0.5, 0.6) is 5.75 Å². The lowest BCUT2D eigenvalue weighted by Crippen LogP contribution is -2.04. The first kappa shape index (κ1) is 9.68. The molecule has 0 radical (unpaired) electrons. The largest absolute Gasteiger partial charge is 0.434 e. The van der Waals surface area contributed by atoms with Gasteiger partial charge in [-0.05, 0) is 18.2 Å². The molecule has 0 N–H and O–H groups in total. The molecule has 0 amide bonds. The zero-order valence-electron chi connectivity index (χ0n) is 7.04. The van der Waals surface area contributed by atoms with Crippen LogP contribution in [0.15, 0.2) is 18.2 Å². The molecule has 14 heavy (non-hydrogen) atoms. The molecule has 5 heteroatoms. The molecule has 1 fully saturated rings. The second-order valence-corrected chi connectivity index (χ2v) is 3.32. The lowest BCUT2D eigenvalue weighted by molar-refractivity contribution is -0.0506. The molecule has 0 aromatic heterocycles. The normalized spacial score (nSPS) is 19.9. The Morgan fingerprint density at radius 2 is 2.21 bits per heavy atom. The molecular formula is C9H7ClF2O2. The van der Waals surface area contributed by atoms with Crippen LogP contribution in [-0.4, -0.2) is 13.2 Å². The van der Waals surface area contributed by atoms with Gasteiger partial charge in [0.1, 0.15) is 11.9 Å². The number of hydrogen-bond donors (Lipinski definition) is 0. The van der Waals surface area contributed by atoms with Crippen molar-refractivity contribution in [3.8, 4) is 5.75 Å². The number of halogens is 3. The van der Waals surface area contributed by atoms with Gasteiger partial charge in [-0.3, -0.25) is 0 Å². The van der Waals surface area contributed by atoms with Crippen LogP contribution in [0.2, 0.25) is 5.02 Å². The van der Waals surface area contributed by atoms with Gasteiger partial charge in [0.05, 0.1) is 6.61 Å². The molecule has 0 bridgehead atoms. The monoisotopic (exact) mass is 220 g/mol. The van der Waals surface area contributed by atoms with E-state index in [4.69, 9.17) is 16.3 Å². The first-order valence-corrected chi connectivity index (χ1v) is 4.40. The Kier molecular flexibility index (Phi) is 2.56. The average Bonchev–Trinajstić information content (AvgIpc) is 2.90. The average molecular weight is 221 g/mol. The van der Waals surface area contributed by atoms with Crippen LogP contribution in [0.25, 0.3) is 0 Å². The smallest absolute Gasteiger partial charge is 0.387 e. The molecule has 1 aliphatic rings. The summed E-state index contributed by atoms with van der Waals surface area (Å²) in [4.78, 5) is 0. The SMILES string of the molecule is FC(F)Oc1ccc(Cl)cc1C1CO1. The van der Waals surface area contributed by atoms with E-state index in [-0.39, 0.29) is 11.9 Å². The molecule has 1 saturated heterocycles. The van der Waals surface area contributed by atoms with Crippen LogP contribution in [0, 0.1) is 0 Å². The van der Waals surface area contributed by atoms with E-state index < -0.39 is 6.61 Å². The third-order valence-corrected chi connectivity index (χ3v) is 2.10. The number of epoxide rings is 1. The van der Waals surface area contributed by atoms with Gasteiger partial charge in [-0.25, -0.2) is 0 Å². The molecule has 1 aliphatic heterocycles. The molecule has 2 rings (SSSR count). The molecule has 1 aromatic rings. The number of alkyl halides is 2. The third-order valence-electron chi connectivity index (χ3n) is 1.87. The minimum absolute atomic E-state index is 0.131. The van der Waals surface area contributed by atoms with Crippen LogP contribution in [-0.2, 0) is 4.74 Å². The highest BCUT2D eigenvalue weighted by atomic mass is 35.5. The van der Waals surface area contributed by atoms with E-state index in [0.717, 1.165) is 0 Å². The molecule has 1 aromatic carbocycles. The highest BCUT2D eigenvalue weighted by Crippen LogP contribution is 2.38. The Morgan fingerprint density at radius 3 is 2.79 bits per heavy atom. The van der Waals surface area contributed by atoms with Crippen LogP contribution >= 0.6 is 11.6 Å². The maximum Gasteiger partial charge on any atom is 0.387 e. The van der Waals surface area contributed by atoms with Crippen LogP contribution in [0.1, 0.15) is 11.7 Å². The summed E-state index contributed by atoms with van der Waals surface area (Å²) in [5, 5.41) is 0.483. The van der Waals surface area contributed by atoms with Crippen molar-refractivity contribution in [1.29, 1.82) is 0 Å². The molecule has 76 valence electrons. The fourth-order valence-corrected chi connectivity index (χ4v) is 1.38. The molecule has 0 aliphatic carbocycles. The molecule has 0 spiro atoms. The topological polar surface area (TPSA) is 21.8 Å². The maximum atomic E-state index is 12.0. The van der Waals surface area contributed by atoms with Crippen LogP contribution in [0.4, 0.5) is 8.78 Å². The van der Waals surface area contributed by atoms with Crippen molar-refractivity contribution in [2.24, 2.45) is 0 Å². The van der Waals surface area contributed by atoms with Crippen molar-refractivity contribution in [2.45, 2.75) is 12.7 Å². The van der Waals surface area contributed by atoms with Crippen LogP contribution in [0.3, 0.4) is 0 Å². The Labute approximate surface area is 84.4 Å². The summed E-state index contributed by atoms with van der Waals surface area (Å²) >= 11 is 5.73. The Balaban J connectivity index is 2.27. The van der Waals surface area contributed by atoms with Crippen LogP contribution < -0.4 is 4.74 Å². The summed E-state index contributed by atoms with van der Waals surface area (Å²) in [7, 11) is 0. The molecule has 1 unspecified atom stereocenters. The highest BCUT2D eigenvalue weighted by Gasteiger charge is 2.29. The van der Waals surface area contributed by atoms with Gasteiger partial charge in [-0.2, -0.15) is 8.78 Å². The van der Waals surface area contributed by atoms with Gasteiger partial charge >= 0.3 is 6.61 Å². The van der Waals surface area contributed by atoms with Crippen molar-refractivity contribution in [1.82, 2.24) is 0 Å². The second-order valence-electron chi connectivity index (χ2n) is 2.88. The van der Waals surface area contributed by atoms with E-state index in [1.165, 1.54) is 12.1 Å². The van der Waals surface area contributed by atoms with E-state index in [9.17, 15) is 8.78 Å². The van der Waals surface area contributed by atoms with Crippen molar-refractivity contribution < 1.29 is 18.3 Å². The summed E-state index contributed by atoms with van der Waals surface area (Å²) < 4.78 is 33.3.